The summed E-state index contributed by atoms with van der Waals surface area (Å²) in [4.78, 5) is 19.7. The normalized spacial score (nSPS) is 11.0. The first-order valence-corrected chi connectivity index (χ1v) is 2.60. The van der Waals surface area contributed by atoms with E-state index in [-0.39, 0.29) is 47.8 Å². The first-order valence-electron chi connectivity index (χ1n) is 2.60. The van der Waals surface area contributed by atoms with Crippen LogP contribution in [-0.2, 0) is 9.59 Å². The summed E-state index contributed by atoms with van der Waals surface area (Å²) in [5.41, 5.74) is -0.278. The van der Waals surface area contributed by atoms with E-state index in [2.05, 4.69) is 6.58 Å². The zero-order valence-corrected chi connectivity index (χ0v) is 8.24. The molecular formula is C6H7NaO4. The molecule has 0 spiro atoms. The summed E-state index contributed by atoms with van der Waals surface area (Å²) in [6.45, 7) is 3.06. The summed E-state index contributed by atoms with van der Waals surface area (Å²) in [6, 6.07) is 0. The van der Waals surface area contributed by atoms with Crippen molar-refractivity contribution >= 4 is 12.3 Å². The van der Waals surface area contributed by atoms with Crippen molar-refractivity contribution in [3.8, 4) is 0 Å². The van der Waals surface area contributed by atoms with Gasteiger partial charge in [0.1, 0.15) is 12.4 Å². The molecule has 0 radical (unpaired) electrons. The van der Waals surface area contributed by atoms with Crippen LogP contribution in [0.2, 0.25) is 0 Å². The molecule has 0 aliphatic heterocycles. The van der Waals surface area contributed by atoms with E-state index in [4.69, 9.17) is 5.11 Å². The largest absolute Gasteiger partial charge is 1.00 e. The Kier molecular flexibility index (Phi) is 7.99. The number of aliphatic carboxylic acids is 1. The predicted octanol–water partition coefficient (Wildman–Crippen LogP) is -4.75. The molecule has 0 heterocycles. The monoisotopic (exact) mass is 166 g/mol. The smallest absolute Gasteiger partial charge is 0.545 e. The summed E-state index contributed by atoms with van der Waals surface area (Å²) >= 11 is 0. The van der Waals surface area contributed by atoms with Crippen molar-refractivity contribution in [1.82, 2.24) is 0 Å². The molecule has 0 amide bonds. The Labute approximate surface area is 86.2 Å². The Morgan fingerprint density at radius 1 is 1.73 bits per heavy atom. The maximum absolute atomic E-state index is 9.91. The van der Waals surface area contributed by atoms with Crippen LogP contribution < -0.4 is 34.7 Å². The number of carbonyl (C=O) groups is 2. The molecule has 1 atom stereocenters. The molecular weight excluding hydrogens is 159 g/mol. The average molecular weight is 166 g/mol. The molecule has 0 aromatic rings. The second kappa shape index (κ2) is 6.54. The van der Waals surface area contributed by atoms with Crippen LogP contribution in [0.3, 0.4) is 0 Å². The predicted molar refractivity (Wildman–Crippen MR) is 30.8 cm³/mol. The van der Waals surface area contributed by atoms with Crippen LogP contribution >= 0.6 is 0 Å². The third-order valence-corrected chi connectivity index (χ3v) is 0.901. The Morgan fingerprint density at radius 3 is 2.45 bits per heavy atom. The molecule has 4 nitrogen and oxygen atoms in total. The van der Waals surface area contributed by atoms with Crippen LogP contribution in [-0.4, -0.2) is 23.5 Å². The quantitative estimate of drug-likeness (QED) is 0.258. The fourth-order valence-electron chi connectivity index (χ4n) is 0.384. The molecule has 56 valence electrons. The van der Waals surface area contributed by atoms with Crippen LogP contribution in [0.5, 0.6) is 0 Å². The van der Waals surface area contributed by atoms with E-state index in [1.165, 1.54) is 0 Å². The summed E-state index contributed by atoms with van der Waals surface area (Å²) in [5, 5.41) is 18.5. The third-order valence-electron chi connectivity index (χ3n) is 0.901. The van der Waals surface area contributed by atoms with Gasteiger partial charge in [-0.25, -0.2) is 0 Å². The maximum atomic E-state index is 9.91. The van der Waals surface area contributed by atoms with Gasteiger partial charge in [0.05, 0.1) is 5.97 Å². The SMILES string of the molecule is C=C(C[C@H](O)C=O)C(=O)[O-].[Na+]. The van der Waals surface area contributed by atoms with Gasteiger partial charge in [0.25, 0.3) is 0 Å². The molecule has 0 aromatic heterocycles. The van der Waals surface area contributed by atoms with Gasteiger partial charge in [-0.05, 0) is 5.57 Å². The van der Waals surface area contributed by atoms with E-state index < -0.39 is 12.1 Å². The van der Waals surface area contributed by atoms with Crippen LogP contribution in [0.4, 0.5) is 0 Å². The molecule has 0 rings (SSSR count). The van der Waals surface area contributed by atoms with Crippen molar-refractivity contribution < 1.29 is 49.4 Å². The van der Waals surface area contributed by atoms with Gasteiger partial charge in [0, 0.05) is 6.42 Å². The summed E-state index contributed by atoms with van der Waals surface area (Å²) in [5.74, 6) is -1.44. The van der Waals surface area contributed by atoms with Crippen molar-refractivity contribution in [1.29, 1.82) is 0 Å². The van der Waals surface area contributed by atoms with Crippen molar-refractivity contribution in [3.05, 3.63) is 12.2 Å². The van der Waals surface area contributed by atoms with E-state index in [1.54, 1.807) is 0 Å². The van der Waals surface area contributed by atoms with Crippen molar-refractivity contribution in [2.24, 2.45) is 0 Å². The first-order chi connectivity index (χ1) is 4.57. The van der Waals surface area contributed by atoms with Crippen molar-refractivity contribution in [3.63, 3.8) is 0 Å². The number of carbonyl (C=O) groups excluding carboxylic acids is 2. The number of aliphatic hydroxyl groups is 1. The molecule has 5 heteroatoms. The van der Waals surface area contributed by atoms with Gasteiger partial charge < -0.3 is 19.8 Å². The molecule has 0 saturated heterocycles. The standard InChI is InChI=1S/C6H8O4.Na/c1-4(6(9)10)2-5(8)3-7;/h3,5,8H,1-2H2,(H,9,10);/q;+1/p-1/t5-;/m0./s1. The zero-order chi connectivity index (χ0) is 8.15. The van der Waals surface area contributed by atoms with E-state index >= 15 is 0 Å². The van der Waals surface area contributed by atoms with Gasteiger partial charge in [-0.3, -0.25) is 0 Å². The Morgan fingerprint density at radius 2 is 2.18 bits per heavy atom. The van der Waals surface area contributed by atoms with Crippen LogP contribution in [0.15, 0.2) is 12.2 Å². The fourth-order valence-corrected chi connectivity index (χ4v) is 0.384. The molecule has 0 saturated carbocycles. The molecule has 0 fully saturated rings. The number of carboxylic acid groups (broad SMARTS) is 1. The Bertz CT molecular complexity index is 166. The molecule has 0 aliphatic rings. The van der Waals surface area contributed by atoms with E-state index in [1.807, 2.05) is 0 Å². The van der Waals surface area contributed by atoms with Crippen LogP contribution in [0.25, 0.3) is 0 Å². The van der Waals surface area contributed by atoms with Gasteiger partial charge in [-0.1, -0.05) is 6.58 Å². The number of aldehydes is 1. The minimum absolute atomic E-state index is 0. The number of hydrogen-bond donors (Lipinski definition) is 1. The second-order valence-electron chi connectivity index (χ2n) is 1.80. The van der Waals surface area contributed by atoms with E-state index in [9.17, 15) is 14.7 Å². The molecule has 0 bridgehead atoms. The minimum Gasteiger partial charge on any atom is -0.545 e. The molecule has 0 aliphatic carbocycles. The van der Waals surface area contributed by atoms with Crippen molar-refractivity contribution in [2.75, 3.05) is 0 Å². The second-order valence-corrected chi connectivity index (χ2v) is 1.80. The molecule has 11 heavy (non-hydrogen) atoms. The Balaban J connectivity index is 0. The third kappa shape index (κ3) is 6.25. The van der Waals surface area contributed by atoms with E-state index in [0.29, 0.717) is 0 Å². The maximum Gasteiger partial charge on any atom is 1.00 e. The van der Waals surface area contributed by atoms with Gasteiger partial charge in [0.2, 0.25) is 0 Å². The number of hydrogen-bond acceptors (Lipinski definition) is 4. The van der Waals surface area contributed by atoms with Crippen LogP contribution in [0, 0.1) is 0 Å². The Hall–Kier alpha value is -0.160. The summed E-state index contributed by atoms with van der Waals surface area (Å²) < 4.78 is 0. The molecule has 0 unspecified atom stereocenters. The van der Waals surface area contributed by atoms with E-state index in [0.717, 1.165) is 0 Å². The first kappa shape index (κ1) is 13.4. The minimum atomic E-state index is -1.44. The van der Waals surface area contributed by atoms with Gasteiger partial charge in [-0.2, -0.15) is 0 Å². The van der Waals surface area contributed by atoms with Gasteiger partial charge >= 0.3 is 29.6 Å². The average Bonchev–Trinajstić information content (AvgIpc) is 1.87. The van der Waals surface area contributed by atoms with Crippen molar-refractivity contribution in [2.45, 2.75) is 12.5 Å². The van der Waals surface area contributed by atoms with Gasteiger partial charge in [0.15, 0.2) is 0 Å². The number of aliphatic hydroxyl groups excluding tert-OH is 1. The number of carboxylic acids is 1. The zero-order valence-electron chi connectivity index (χ0n) is 6.24. The summed E-state index contributed by atoms with van der Waals surface area (Å²) in [7, 11) is 0. The van der Waals surface area contributed by atoms with Gasteiger partial charge in [-0.15, -0.1) is 0 Å². The van der Waals surface area contributed by atoms with Crippen LogP contribution in [0.1, 0.15) is 6.42 Å². The molecule has 0 aromatic carbocycles. The topological polar surface area (TPSA) is 77.4 Å². The molecule has 1 N–H and O–H groups in total. The summed E-state index contributed by atoms with van der Waals surface area (Å²) in [6.07, 6.45) is -1.31. The number of rotatable bonds is 4. The fraction of sp³-hybridized carbons (Fsp3) is 0.333.